The maximum absolute atomic E-state index is 13.8. The number of benzene rings is 3. The Morgan fingerprint density at radius 1 is 0.838 bits per heavy atom. The molecule has 1 saturated carbocycles. The summed E-state index contributed by atoms with van der Waals surface area (Å²) < 4.78 is 10.9. The molecule has 1 aliphatic heterocycles. The molecule has 6 heteroatoms. The van der Waals surface area contributed by atoms with Gasteiger partial charge in [0.25, 0.3) is 0 Å². The first-order valence-electron chi connectivity index (χ1n) is 13.2. The Bertz CT molecular complexity index is 1190. The van der Waals surface area contributed by atoms with Crippen molar-refractivity contribution >= 4 is 11.8 Å². The van der Waals surface area contributed by atoms with Crippen LogP contribution in [-0.2, 0) is 29.0 Å². The van der Waals surface area contributed by atoms with Crippen molar-refractivity contribution in [3.63, 3.8) is 0 Å². The summed E-state index contributed by atoms with van der Waals surface area (Å²) in [5.74, 6) is 1.34. The van der Waals surface area contributed by atoms with Crippen LogP contribution in [0.5, 0.6) is 11.5 Å². The molecule has 1 N–H and O–H groups in total. The third-order valence-corrected chi connectivity index (χ3v) is 7.23. The molecule has 3 aromatic rings. The first kappa shape index (κ1) is 24.9. The summed E-state index contributed by atoms with van der Waals surface area (Å²) in [6.45, 7) is 0.607. The molecular formula is C31H34N2O4. The number of amides is 2. The summed E-state index contributed by atoms with van der Waals surface area (Å²) in [5.41, 5.74) is 3.05. The van der Waals surface area contributed by atoms with Crippen LogP contribution >= 0.6 is 0 Å². The van der Waals surface area contributed by atoms with E-state index in [1.54, 1.807) is 4.90 Å². The molecule has 1 atom stereocenters. The highest BCUT2D eigenvalue weighted by Crippen LogP contribution is 2.33. The van der Waals surface area contributed by atoms with Gasteiger partial charge in [0.2, 0.25) is 18.6 Å². The van der Waals surface area contributed by atoms with Crippen LogP contribution in [-0.4, -0.2) is 35.6 Å². The Kier molecular flexibility index (Phi) is 8.04. The number of nitrogens with one attached hydrogen (secondary N) is 1. The van der Waals surface area contributed by atoms with Gasteiger partial charge < -0.3 is 19.7 Å². The fourth-order valence-corrected chi connectivity index (χ4v) is 5.19. The molecule has 2 aliphatic rings. The average Bonchev–Trinajstić information content (AvgIpc) is 3.62. The van der Waals surface area contributed by atoms with E-state index < -0.39 is 6.04 Å². The number of rotatable bonds is 10. The summed E-state index contributed by atoms with van der Waals surface area (Å²) in [6.07, 6.45) is 5.60. The van der Waals surface area contributed by atoms with E-state index in [9.17, 15) is 9.59 Å². The highest BCUT2D eigenvalue weighted by molar-refractivity contribution is 5.88. The van der Waals surface area contributed by atoms with Crippen molar-refractivity contribution < 1.29 is 19.1 Å². The topological polar surface area (TPSA) is 67.9 Å². The number of aryl methyl sites for hydroxylation is 1. The van der Waals surface area contributed by atoms with Crippen molar-refractivity contribution in [3.05, 3.63) is 95.6 Å². The Labute approximate surface area is 218 Å². The minimum atomic E-state index is -0.590. The summed E-state index contributed by atoms with van der Waals surface area (Å²) in [5, 5.41) is 3.26. The molecule has 1 aliphatic carbocycles. The maximum atomic E-state index is 13.8. The Morgan fingerprint density at radius 3 is 2.24 bits per heavy atom. The maximum Gasteiger partial charge on any atom is 0.243 e. The fraction of sp³-hybridized carbons (Fsp3) is 0.355. The lowest BCUT2D eigenvalue weighted by Gasteiger charge is -2.32. The zero-order valence-corrected chi connectivity index (χ0v) is 21.1. The van der Waals surface area contributed by atoms with E-state index in [4.69, 9.17) is 9.47 Å². The molecular weight excluding hydrogens is 464 g/mol. The molecule has 0 unspecified atom stereocenters. The number of fused-ring (bicyclic) bond motifs is 1. The van der Waals surface area contributed by atoms with Crippen molar-refractivity contribution in [3.8, 4) is 11.5 Å². The third-order valence-electron chi connectivity index (χ3n) is 7.23. The standard InChI is InChI=1S/C31H34N2O4/c34-30(18-16-24-15-17-28-29(20-24)37-22-36-28)33(21-25-11-5-2-6-12-25)27(19-23-9-3-1-4-10-23)31(35)32-26-13-7-8-14-26/h1-6,9-12,15,17,20,26-27H,7-8,13-14,16,18-19,21-22H2,(H,32,35)/t27-/m0/s1. The summed E-state index contributed by atoms with van der Waals surface area (Å²) >= 11 is 0. The molecule has 1 fully saturated rings. The van der Waals surface area contributed by atoms with Gasteiger partial charge in [-0.15, -0.1) is 0 Å². The van der Waals surface area contributed by atoms with Crippen LogP contribution in [0.15, 0.2) is 78.9 Å². The van der Waals surface area contributed by atoms with Gasteiger partial charge >= 0.3 is 0 Å². The number of carbonyl (C=O) groups excluding carboxylic acids is 2. The summed E-state index contributed by atoms with van der Waals surface area (Å²) in [4.78, 5) is 29.3. The summed E-state index contributed by atoms with van der Waals surface area (Å²) in [6, 6.07) is 25.3. The van der Waals surface area contributed by atoms with E-state index in [0.29, 0.717) is 31.6 Å². The second-order valence-electron chi connectivity index (χ2n) is 9.89. The van der Waals surface area contributed by atoms with Crippen LogP contribution in [0.3, 0.4) is 0 Å². The molecule has 1 heterocycles. The van der Waals surface area contributed by atoms with Gasteiger partial charge in [0, 0.05) is 25.4 Å². The molecule has 37 heavy (non-hydrogen) atoms. The van der Waals surface area contributed by atoms with Gasteiger partial charge in [0.1, 0.15) is 6.04 Å². The Hall–Kier alpha value is -3.80. The molecule has 0 spiro atoms. The highest BCUT2D eigenvalue weighted by atomic mass is 16.7. The minimum absolute atomic E-state index is 0.0379. The van der Waals surface area contributed by atoms with E-state index in [2.05, 4.69) is 5.32 Å². The average molecular weight is 499 g/mol. The second-order valence-corrected chi connectivity index (χ2v) is 9.89. The van der Waals surface area contributed by atoms with Crippen molar-refractivity contribution in [2.75, 3.05) is 6.79 Å². The molecule has 0 aromatic heterocycles. The van der Waals surface area contributed by atoms with Gasteiger partial charge in [0.05, 0.1) is 0 Å². The second kappa shape index (κ2) is 12.0. The Morgan fingerprint density at radius 2 is 1.51 bits per heavy atom. The van der Waals surface area contributed by atoms with Crippen molar-refractivity contribution in [1.29, 1.82) is 0 Å². The van der Waals surface area contributed by atoms with Gasteiger partial charge in [-0.25, -0.2) is 0 Å². The van der Waals surface area contributed by atoms with Crippen LogP contribution in [0, 0.1) is 0 Å². The largest absolute Gasteiger partial charge is 0.454 e. The smallest absolute Gasteiger partial charge is 0.243 e. The first-order valence-corrected chi connectivity index (χ1v) is 13.2. The minimum Gasteiger partial charge on any atom is -0.454 e. The van der Waals surface area contributed by atoms with Crippen molar-refractivity contribution in [2.24, 2.45) is 0 Å². The van der Waals surface area contributed by atoms with Crippen LogP contribution < -0.4 is 14.8 Å². The molecule has 192 valence electrons. The van der Waals surface area contributed by atoms with Crippen LogP contribution in [0.1, 0.15) is 48.8 Å². The van der Waals surface area contributed by atoms with Crippen LogP contribution in [0.4, 0.5) is 0 Å². The van der Waals surface area contributed by atoms with E-state index >= 15 is 0 Å². The lowest BCUT2D eigenvalue weighted by Crippen LogP contribution is -2.52. The third kappa shape index (κ3) is 6.50. The van der Waals surface area contributed by atoms with E-state index in [1.165, 1.54) is 0 Å². The zero-order valence-electron chi connectivity index (χ0n) is 21.1. The van der Waals surface area contributed by atoms with E-state index in [1.807, 2.05) is 78.9 Å². The zero-order chi connectivity index (χ0) is 25.5. The van der Waals surface area contributed by atoms with Crippen molar-refractivity contribution in [2.45, 2.75) is 63.6 Å². The monoisotopic (exact) mass is 498 g/mol. The first-order chi connectivity index (χ1) is 18.2. The molecule has 0 bridgehead atoms. The number of hydrogen-bond acceptors (Lipinski definition) is 4. The fourth-order valence-electron chi connectivity index (χ4n) is 5.19. The molecule has 0 saturated heterocycles. The molecule has 0 radical (unpaired) electrons. The number of nitrogens with zero attached hydrogens (tertiary/aromatic N) is 1. The quantitative estimate of drug-likeness (QED) is 0.425. The molecule has 5 rings (SSSR count). The van der Waals surface area contributed by atoms with E-state index in [0.717, 1.165) is 48.1 Å². The SMILES string of the molecule is O=C(NC1CCCC1)[C@H](Cc1ccccc1)N(Cc1ccccc1)C(=O)CCc1ccc2c(c1)OCO2. The number of hydrogen-bond donors (Lipinski definition) is 1. The van der Waals surface area contributed by atoms with Crippen molar-refractivity contribution in [1.82, 2.24) is 10.2 Å². The Balaban J connectivity index is 1.38. The lowest BCUT2D eigenvalue weighted by molar-refractivity contribution is -0.141. The van der Waals surface area contributed by atoms with Gasteiger partial charge in [-0.3, -0.25) is 9.59 Å². The van der Waals surface area contributed by atoms with Gasteiger partial charge in [-0.05, 0) is 48.1 Å². The van der Waals surface area contributed by atoms with E-state index in [-0.39, 0.29) is 24.6 Å². The molecule has 3 aromatic carbocycles. The predicted octanol–water partition coefficient (Wildman–Crippen LogP) is 5.05. The highest BCUT2D eigenvalue weighted by Gasteiger charge is 2.32. The molecule has 2 amide bonds. The number of carbonyl (C=O) groups is 2. The number of ether oxygens (including phenoxy) is 2. The van der Waals surface area contributed by atoms with Crippen LogP contribution in [0.25, 0.3) is 0 Å². The predicted molar refractivity (Wildman–Crippen MR) is 142 cm³/mol. The summed E-state index contributed by atoms with van der Waals surface area (Å²) in [7, 11) is 0. The molecule has 6 nitrogen and oxygen atoms in total. The van der Waals surface area contributed by atoms with Gasteiger partial charge in [0.15, 0.2) is 11.5 Å². The normalized spacial score (nSPS) is 15.4. The van der Waals surface area contributed by atoms with Crippen LogP contribution in [0.2, 0.25) is 0 Å². The van der Waals surface area contributed by atoms with Gasteiger partial charge in [-0.2, -0.15) is 0 Å². The van der Waals surface area contributed by atoms with Gasteiger partial charge in [-0.1, -0.05) is 79.6 Å². The lowest BCUT2D eigenvalue weighted by atomic mass is 10.0.